The Balaban J connectivity index is 1.22. The van der Waals surface area contributed by atoms with Gasteiger partial charge in [0.05, 0.1) is 33.1 Å². The molecule has 12 heteroatoms. The molecule has 3 amide bonds. The Kier molecular flexibility index (Phi) is 10.2. The van der Waals surface area contributed by atoms with E-state index in [9.17, 15) is 14.4 Å². The van der Waals surface area contributed by atoms with Crippen molar-refractivity contribution < 1.29 is 19.1 Å². The number of nitrogens with one attached hydrogen (secondary N) is 3. The predicted octanol–water partition coefficient (Wildman–Crippen LogP) is 7.75. The monoisotopic (exact) mass is 662 g/mol. The van der Waals surface area contributed by atoms with Crippen molar-refractivity contribution in [2.45, 2.75) is 4.90 Å². The van der Waals surface area contributed by atoms with Gasteiger partial charge >= 0.3 is 0 Å². The smallest absolute Gasteiger partial charge is 0.272 e. The number of aromatic nitrogens is 1. The van der Waals surface area contributed by atoms with E-state index in [1.807, 2.05) is 18.2 Å². The molecule has 0 unspecified atom stereocenters. The van der Waals surface area contributed by atoms with Crippen LogP contribution >= 0.6 is 46.3 Å². The lowest BCUT2D eigenvalue weighted by atomic mass is 10.1. The maximum atomic E-state index is 13.3. The molecule has 1 aromatic heterocycles. The van der Waals surface area contributed by atoms with E-state index in [-0.39, 0.29) is 22.4 Å². The van der Waals surface area contributed by atoms with Crippen LogP contribution in [0.1, 0.15) is 15.9 Å². The number of benzene rings is 4. The van der Waals surface area contributed by atoms with Gasteiger partial charge in [0.25, 0.3) is 11.8 Å². The number of methoxy groups -OCH3 is 1. The molecule has 5 rings (SSSR count). The van der Waals surface area contributed by atoms with E-state index in [2.05, 4.69) is 20.9 Å². The quantitative estimate of drug-likeness (QED) is 0.104. The minimum Gasteiger partial charge on any atom is -0.497 e. The van der Waals surface area contributed by atoms with E-state index in [1.165, 1.54) is 29.2 Å². The van der Waals surface area contributed by atoms with Crippen LogP contribution in [0.15, 0.2) is 102 Å². The van der Waals surface area contributed by atoms with Crippen molar-refractivity contribution in [3.63, 3.8) is 0 Å². The first kappa shape index (κ1) is 31.1. The Morgan fingerprint density at radius 1 is 0.932 bits per heavy atom. The fourth-order valence-electron chi connectivity index (χ4n) is 3.95. The highest BCUT2D eigenvalue weighted by atomic mass is 35.5. The van der Waals surface area contributed by atoms with Crippen LogP contribution in [0.25, 0.3) is 16.3 Å². The first-order valence-electron chi connectivity index (χ1n) is 13.1. The zero-order valence-electron chi connectivity index (χ0n) is 23.1. The number of carbonyl (C=O) groups is 3. The Morgan fingerprint density at radius 3 is 2.45 bits per heavy atom. The van der Waals surface area contributed by atoms with Crippen molar-refractivity contribution in [2.24, 2.45) is 0 Å². The lowest BCUT2D eigenvalue weighted by molar-refractivity contribution is -0.114. The normalized spacial score (nSPS) is 11.2. The van der Waals surface area contributed by atoms with Crippen molar-refractivity contribution in [1.82, 2.24) is 10.3 Å². The summed E-state index contributed by atoms with van der Waals surface area (Å²) in [5.41, 5.74) is 2.10. The fraction of sp³-hybridized carbons (Fsp3) is 0.0625. The van der Waals surface area contributed by atoms with E-state index in [0.717, 1.165) is 20.9 Å². The van der Waals surface area contributed by atoms with Gasteiger partial charge in [0.2, 0.25) is 5.91 Å². The number of nitrogens with zero attached hydrogens (tertiary/aromatic N) is 1. The van der Waals surface area contributed by atoms with Crippen molar-refractivity contribution in [2.75, 3.05) is 23.5 Å². The molecule has 0 saturated heterocycles. The lowest BCUT2D eigenvalue weighted by Gasteiger charge is -2.12. The molecule has 0 fully saturated rings. The maximum absolute atomic E-state index is 13.3. The van der Waals surface area contributed by atoms with Crippen molar-refractivity contribution in [1.29, 1.82) is 0 Å². The summed E-state index contributed by atoms with van der Waals surface area (Å²) in [5, 5.41) is 9.39. The largest absolute Gasteiger partial charge is 0.497 e. The molecule has 0 saturated carbocycles. The number of fused-ring (bicyclic) bond motifs is 1. The van der Waals surface area contributed by atoms with Crippen LogP contribution in [0.3, 0.4) is 0 Å². The maximum Gasteiger partial charge on any atom is 0.272 e. The highest BCUT2D eigenvalue weighted by molar-refractivity contribution is 8.00. The summed E-state index contributed by atoms with van der Waals surface area (Å²) in [7, 11) is 1.60. The topological polar surface area (TPSA) is 109 Å². The molecule has 0 aliphatic carbocycles. The Labute approximate surface area is 271 Å². The van der Waals surface area contributed by atoms with Crippen LogP contribution in [0.4, 0.5) is 10.8 Å². The summed E-state index contributed by atoms with van der Waals surface area (Å²) in [6, 6.07) is 26.1. The van der Waals surface area contributed by atoms with Crippen LogP contribution in [-0.2, 0) is 9.59 Å². The number of anilines is 2. The van der Waals surface area contributed by atoms with E-state index < -0.39 is 11.8 Å². The molecular formula is C32H24Cl2N4O4S2. The minimum atomic E-state index is -0.557. The lowest BCUT2D eigenvalue weighted by Crippen LogP contribution is -2.30. The molecule has 4 aromatic carbocycles. The average Bonchev–Trinajstić information content (AvgIpc) is 3.44. The number of thiazole rings is 1. The molecule has 1 heterocycles. The summed E-state index contributed by atoms with van der Waals surface area (Å²) >= 11 is 15.2. The second-order valence-corrected chi connectivity index (χ2v) is 12.1. The number of amides is 3. The number of thioether (sulfide) groups is 1. The Hall–Kier alpha value is -4.35. The third-order valence-electron chi connectivity index (χ3n) is 6.13. The van der Waals surface area contributed by atoms with Crippen molar-refractivity contribution in [3.8, 4) is 5.75 Å². The first-order chi connectivity index (χ1) is 21.3. The molecular weight excluding hydrogens is 639 g/mol. The molecule has 5 aromatic rings. The number of rotatable bonds is 10. The van der Waals surface area contributed by atoms with E-state index in [4.69, 9.17) is 27.9 Å². The summed E-state index contributed by atoms with van der Waals surface area (Å²) in [5.74, 6) is -0.311. The van der Waals surface area contributed by atoms with Gasteiger partial charge in [0, 0.05) is 16.1 Å². The number of ether oxygens (including phenoxy) is 1. The van der Waals surface area contributed by atoms with E-state index >= 15 is 0 Å². The highest BCUT2D eigenvalue weighted by Crippen LogP contribution is 2.30. The van der Waals surface area contributed by atoms with Gasteiger partial charge < -0.3 is 20.7 Å². The van der Waals surface area contributed by atoms with Gasteiger partial charge in [-0.3, -0.25) is 14.4 Å². The van der Waals surface area contributed by atoms with Crippen molar-refractivity contribution >= 4 is 91.1 Å². The zero-order chi connectivity index (χ0) is 31.1. The molecule has 0 radical (unpaired) electrons. The van der Waals surface area contributed by atoms with Gasteiger partial charge in [-0.1, -0.05) is 64.9 Å². The molecule has 0 bridgehead atoms. The number of halogens is 2. The fourth-order valence-corrected chi connectivity index (χ4v) is 5.92. The highest BCUT2D eigenvalue weighted by Gasteiger charge is 2.17. The first-order valence-corrected chi connectivity index (χ1v) is 15.7. The molecule has 222 valence electrons. The number of hydrogen-bond donors (Lipinski definition) is 3. The van der Waals surface area contributed by atoms with Crippen LogP contribution in [0.2, 0.25) is 10.0 Å². The van der Waals surface area contributed by atoms with Gasteiger partial charge in [-0.05, 0) is 72.3 Å². The van der Waals surface area contributed by atoms with E-state index in [1.54, 1.807) is 79.9 Å². The van der Waals surface area contributed by atoms with Crippen molar-refractivity contribution in [3.05, 3.63) is 118 Å². The standard InChI is InChI=1S/C32H24Cl2N4O4S2/c1-42-22-12-15-25-27(17-22)44-32(37-25)38-28(39)18-43-23-13-10-21(11-14-23)35-31(41)26(16-20-8-5-9-24(33)29(20)34)36-30(40)19-6-3-2-4-7-19/h2-17H,18H2,1H3,(H,35,41)(H,36,40)(H,37,38,39)/b26-16-. The third kappa shape index (κ3) is 7.97. The van der Waals surface area contributed by atoms with Gasteiger partial charge in [0.15, 0.2) is 5.13 Å². The summed E-state index contributed by atoms with van der Waals surface area (Å²) in [4.78, 5) is 44.0. The Bertz CT molecular complexity index is 1860. The summed E-state index contributed by atoms with van der Waals surface area (Å²) in [6.45, 7) is 0. The molecule has 3 N–H and O–H groups in total. The molecule has 0 aliphatic rings. The molecule has 0 atom stereocenters. The zero-order valence-corrected chi connectivity index (χ0v) is 26.2. The minimum absolute atomic E-state index is 0.0218. The second kappa shape index (κ2) is 14.4. The molecule has 0 spiro atoms. The number of carbonyl (C=O) groups excluding carboxylic acids is 3. The van der Waals surface area contributed by atoms with Crippen LogP contribution in [0, 0.1) is 0 Å². The van der Waals surface area contributed by atoms with Gasteiger partial charge in [-0.25, -0.2) is 4.98 Å². The van der Waals surface area contributed by atoms with Gasteiger partial charge in [0.1, 0.15) is 11.4 Å². The van der Waals surface area contributed by atoms with Crippen LogP contribution in [0.5, 0.6) is 5.75 Å². The Morgan fingerprint density at radius 2 is 1.70 bits per heavy atom. The van der Waals surface area contributed by atoms with E-state index in [0.29, 0.717) is 27.0 Å². The molecule has 8 nitrogen and oxygen atoms in total. The average molecular weight is 664 g/mol. The van der Waals surface area contributed by atoms with Crippen LogP contribution < -0.4 is 20.7 Å². The SMILES string of the molecule is COc1ccc2nc(NC(=O)CSc3ccc(NC(=O)/C(=C/c4cccc(Cl)c4Cl)NC(=O)c4ccccc4)cc3)sc2c1. The predicted molar refractivity (Wildman–Crippen MR) is 179 cm³/mol. The number of hydrogen-bond acceptors (Lipinski definition) is 7. The van der Waals surface area contributed by atoms with Crippen LogP contribution in [-0.4, -0.2) is 35.6 Å². The molecule has 44 heavy (non-hydrogen) atoms. The second-order valence-electron chi connectivity index (χ2n) is 9.19. The summed E-state index contributed by atoms with van der Waals surface area (Å²) in [6.07, 6.45) is 1.47. The third-order valence-corrected chi connectivity index (χ3v) is 8.91. The molecule has 0 aliphatic heterocycles. The summed E-state index contributed by atoms with van der Waals surface area (Å²) < 4.78 is 6.16. The van der Waals surface area contributed by atoms with Gasteiger partial charge in [-0.2, -0.15) is 0 Å². The van der Waals surface area contributed by atoms with Gasteiger partial charge in [-0.15, -0.1) is 11.8 Å².